The van der Waals surface area contributed by atoms with E-state index in [1.54, 1.807) is 6.07 Å². The molecular formula is C17H20FNO3S. The van der Waals surface area contributed by atoms with Gasteiger partial charge in [-0.05, 0) is 48.7 Å². The third kappa shape index (κ3) is 4.53. The first kappa shape index (κ1) is 17.4. The van der Waals surface area contributed by atoms with Crippen molar-refractivity contribution in [3.05, 3.63) is 59.4 Å². The van der Waals surface area contributed by atoms with Gasteiger partial charge in [0.15, 0.2) is 9.84 Å². The van der Waals surface area contributed by atoms with Gasteiger partial charge in [-0.2, -0.15) is 0 Å². The molecule has 0 spiro atoms. The number of halogens is 1. The molecule has 0 heterocycles. The number of aliphatic hydroxyl groups is 1. The van der Waals surface area contributed by atoms with E-state index < -0.39 is 15.7 Å². The maximum atomic E-state index is 14.0. The van der Waals surface area contributed by atoms with Crippen LogP contribution in [0.2, 0.25) is 0 Å². The van der Waals surface area contributed by atoms with Crippen molar-refractivity contribution in [3.63, 3.8) is 0 Å². The molecule has 0 fully saturated rings. The van der Waals surface area contributed by atoms with Gasteiger partial charge >= 0.3 is 0 Å². The molecule has 2 aromatic rings. The Morgan fingerprint density at radius 2 is 1.83 bits per heavy atom. The molecule has 4 nitrogen and oxygen atoms in total. The zero-order chi connectivity index (χ0) is 17.0. The Kier molecular flexibility index (Phi) is 5.38. The highest BCUT2D eigenvalue weighted by Gasteiger charge is 2.15. The van der Waals surface area contributed by atoms with Crippen LogP contribution in [0, 0.1) is 5.82 Å². The molecule has 2 aromatic carbocycles. The molecule has 0 saturated heterocycles. The van der Waals surface area contributed by atoms with E-state index in [1.165, 1.54) is 12.1 Å². The fourth-order valence-corrected chi connectivity index (χ4v) is 3.05. The quantitative estimate of drug-likeness (QED) is 0.850. The Balaban J connectivity index is 2.14. The van der Waals surface area contributed by atoms with Crippen molar-refractivity contribution < 1.29 is 17.9 Å². The smallest absolute Gasteiger partial charge is 0.178 e. The first-order valence-corrected chi connectivity index (χ1v) is 9.16. The van der Waals surface area contributed by atoms with Gasteiger partial charge < -0.3 is 10.4 Å². The summed E-state index contributed by atoms with van der Waals surface area (Å²) in [6.45, 7) is 1.98. The number of anilines is 1. The Hall–Kier alpha value is -1.92. The number of aliphatic hydroxyl groups excluding tert-OH is 1. The van der Waals surface area contributed by atoms with Gasteiger partial charge in [0.1, 0.15) is 10.7 Å². The Morgan fingerprint density at radius 3 is 2.35 bits per heavy atom. The van der Waals surface area contributed by atoms with E-state index in [1.807, 2.05) is 31.2 Å². The molecule has 0 amide bonds. The fourth-order valence-electron chi connectivity index (χ4n) is 2.32. The monoisotopic (exact) mass is 337 g/mol. The molecule has 0 aliphatic carbocycles. The Bertz CT molecular complexity index is 773. The van der Waals surface area contributed by atoms with E-state index in [0.717, 1.165) is 17.5 Å². The Labute approximate surface area is 135 Å². The SMILES string of the molecule is CC(Nc1ccc(CCO)cc1)c1ccc(S(C)(=O)=O)c(F)c1. The maximum absolute atomic E-state index is 14.0. The van der Waals surface area contributed by atoms with Gasteiger partial charge in [0.25, 0.3) is 0 Å². The van der Waals surface area contributed by atoms with E-state index in [-0.39, 0.29) is 17.5 Å². The summed E-state index contributed by atoms with van der Waals surface area (Å²) in [6, 6.07) is 11.6. The summed E-state index contributed by atoms with van der Waals surface area (Å²) in [5, 5.41) is 12.1. The largest absolute Gasteiger partial charge is 0.396 e. The zero-order valence-electron chi connectivity index (χ0n) is 13.1. The third-order valence-corrected chi connectivity index (χ3v) is 4.72. The lowest BCUT2D eigenvalue weighted by Gasteiger charge is -2.17. The topological polar surface area (TPSA) is 66.4 Å². The summed E-state index contributed by atoms with van der Waals surface area (Å²) in [5.41, 5.74) is 2.57. The van der Waals surface area contributed by atoms with Gasteiger partial charge in [0.05, 0.1) is 0 Å². The maximum Gasteiger partial charge on any atom is 0.178 e. The Morgan fingerprint density at radius 1 is 1.17 bits per heavy atom. The van der Waals surface area contributed by atoms with Crippen molar-refractivity contribution in [1.29, 1.82) is 0 Å². The second-order valence-electron chi connectivity index (χ2n) is 5.50. The van der Waals surface area contributed by atoms with Crippen LogP contribution in [-0.4, -0.2) is 26.4 Å². The normalized spacial score (nSPS) is 12.9. The average molecular weight is 337 g/mol. The molecule has 23 heavy (non-hydrogen) atoms. The molecule has 0 saturated carbocycles. The van der Waals surface area contributed by atoms with E-state index in [0.29, 0.717) is 12.0 Å². The summed E-state index contributed by atoms with van der Waals surface area (Å²) >= 11 is 0. The molecule has 0 aliphatic heterocycles. The molecule has 1 unspecified atom stereocenters. The van der Waals surface area contributed by atoms with Crippen LogP contribution in [0.1, 0.15) is 24.1 Å². The standard InChI is InChI=1S/C17H20FNO3S/c1-12(19-15-6-3-13(4-7-15)9-10-20)14-5-8-17(16(18)11-14)23(2,21)22/h3-8,11-12,19-20H,9-10H2,1-2H3. The molecule has 2 N–H and O–H groups in total. The second kappa shape index (κ2) is 7.10. The van der Waals surface area contributed by atoms with Crippen LogP contribution in [0.25, 0.3) is 0 Å². The number of nitrogens with one attached hydrogen (secondary N) is 1. The number of hydrogen-bond donors (Lipinski definition) is 2. The van der Waals surface area contributed by atoms with Gasteiger partial charge in [-0.15, -0.1) is 0 Å². The summed E-state index contributed by atoms with van der Waals surface area (Å²) in [4.78, 5) is -0.290. The molecule has 0 aliphatic rings. The van der Waals surface area contributed by atoms with E-state index in [2.05, 4.69) is 5.32 Å². The van der Waals surface area contributed by atoms with Crippen molar-refractivity contribution in [2.75, 3.05) is 18.2 Å². The lowest BCUT2D eigenvalue weighted by atomic mass is 10.1. The lowest BCUT2D eigenvalue weighted by Crippen LogP contribution is -2.08. The van der Waals surface area contributed by atoms with Crippen LogP contribution in [0.15, 0.2) is 47.4 Å². The predicted octanol–water partition coefficient (Wildman–Crippen LogP) is 2.94. The zero-order valence-corrected chi connectivity index (χ0v) is 13.9. The highest BCUT2D eigenvalue weighted by atomic mass is 32.2. The second-order valence-corrected chi connectivity index (χ2v) is 7.48. The predicted molar refractivity (Wildman–Crippen MR) is 88.8 cm³/mol. The average Bonchev–Trinajstić information content (AvgIpc) is 2.48. The van der Waals surface area contributed by atoms with Crippen LogP contribution in [0.4, 0.5) is 10.1 Å². The van der Waals surface area contributed by atoms with Crippen LogP contribution in [-0.2, 0) is 16.3 Å². The minimum Gasteiger partial charge on any atom is -0.396 e. The van der Waals surface area contributed by atoms with E-state index >= 15 is 0 Å². The first-order valence-electron chi connectivity index (χ1n) is 7.27. The number of sulfone groups is 1. The fraction of sp³-hybridized carbons (Fsp3) is 0.294. The van der Waals surface area contributed by atoms with Gasteiger partial charge in [0.2, 0.25) is 0 Å². The first-order chi connectivity index (χ1) is 10.8. The minimum atomic E-state index is -3.56. The van der Waals surface area contributed by atoms with Crippen LogP contribution < -0.4 is 5.32 Å². The molecule has 1 atom stereocenters. The van der Waals surface area contributed by atoms with Crippen molar-refractivity contribution in [3.8, 4) is 0 Å². The summed E-state index contributed by atoms with van der Waals surface area (Å²) in [6.07, 6.45) is 1.59. The summed E-state index contributed by atoms with van der Waals surface area (Å²) in [5.74, 6) is -0.739. The molecule has 0 bridgehead atoms. The molecule has 124 valence electrons. The number of hydrogen-bond acceptors (Lipinski definition) is 4. The summed E-state index contributed by atoms with van der Waals surface area (Å²) in [7, 11) is -3.56. The minimum absolute atomic E-state index is 0.106. The molecule has 6 heteroatoms. The molecule has 2 rings (SSSR count). The summed E-state index contributed by atoms with van der Waals surface area (Å²) < 4.78 is 36.8. The van der Waals surface area contributed by atoms with Crippen molar-refractivity contribution in [2.45, 2.75) is 24.3 Å². The van der Waals surface area contributed by atoms with Crippen LogP contribution in [0.3, 0.4) is 0 Å². The van der Waals surface area contributed by atoms with Crippen LogP contribution in [0.5, 0.6) is 0 Å². The molecule has 0 aromatic heterocycles. The van der Waals surface area contributed by atoms with Gasteiger partial charge in [-0.3, -0.25) is 0 Å². The number of benzene rings is 2. The van der Waals surface area contributed by atoms with Crippen molar-refractivity contribution in [2.24, 2.45) is 0 Å². The molecular weight excluding hydrogens is 317 g/mol. The third-order valence-electron chi connectivity index (χ3n) is 3.59. The molecule has 0 radical (unpaired) electrons. The van der Waals surface area contributed by atoms with Crippen molar-refractivity contribution >= 4 is 15.5 Å². The van der Waals surface area contributed by atoms with Crippen LogP contribution >= 0.6 is 0 Å². The van der Waals surface area contributed by atoms with Gasteiger partial charge in [-0.1, -0.05) is 18.2 Å². The number of rotatable bonds is 6. The van der Waals surface area contributed by atoms with Crippen molar-refractivity contribution in [1.82, 2.24) is 0 Å². The lowest BCUT2D eigenvalue weighted by molar-refractivity contribution is 0.299. The highest BCUT2D eigenvalue weighted by molar-refractivity contribution is 7.90. The van der Waals surface area contributed by atoms with E-state index in [9.17, 15) is 12.8 Å². The van der Waals surface area contributed by atoms with Gasteiger partial charge in [-0.25, -0.2) is 12.8 Å². The highest BCUT2D eigenvalue weighted by Crippen LogP contribution is 2.23. The van der Waals surface area contributed by atoms with Gasteiger partial charge in [0, 0.05) is 24.6 Å². The van der Waals surface area contributed by atoms with E-state index in [4.69, 9.17) is 5.11 Å².